The van der Waals surface area contributed by atoms with E-state index in [9.17, 15) is 17.6 Å². The molecule has 0 radical (unpaired) electrons. The molecule has 2 aliphatic carbocycles. The summed E-state index contributed by atoms with van der Waals surface area (Å²) in [5.74, 6) is -0.137. The number of benzene rings is 1. The number of nitrogens with zero attached hydrogens (tertiary/aromatic N) is 2. The van der Waals surface area contributed by atoms with Gasteiger partial charge < -0.3 is 14.4 Å². The molecule has 0 aromatic heterocycles. The average Bonchev–Trinajstić information content (AvgIpc) is 3.64. The Bertz CT molecular complexity index is 974. The minimum Gasteiger partial charge on any atom is -0.490 e. The molecule has 1 aliphatic heterocycles. The molecule has 2 saturated carbocycles. The van der Waals surface area contributed by atoms with Crippen molar-refractivity contribution < 1.29 is 27.1 Å². The molecule has 1 heterocycles. The molecule has 190 valence electrons. The topological polar surface area (TPSA) is 76.2 Å². The molecule has 0 spiro atoms. The van der Waals surface area contributed by atoms with Crippen LogP contribution in [0.4, 0.5) is 9.18 Å². The van der Waals surface area contributed by atoms with Crippen LogP contribution in [0.5, 0.6) is 5.75 Å². The first-order chi connectivity index (χ1) is 16.0. The van der Waals surface area contributed by atoms with Crippen molar-refractivity contribution in [2.75, 3.05) is 32.8 Å². The molecular weight excluding hydrogens is 459 g/mol. The summed E-state index contributed by atoms with van der Waals surface area (Å²) in [6.07, 6.45) is 5.20. The monoisotopic (exact) mass is 496 g/mol. The number of halogens is 1. The number of hydrogen-bond acceptors (Lipinski definition) is 6. The fourth-order valence-corrected chi connectivity index (χ4v) is 6.49. The van der Waals surface area contributed by atoms with Crippen molar-refractivity contribution in [2.24, 2.45) is 5.92 Å². The predicted molar refractivity (Wildman–Crippen MR) is 127 cm³/mol. The summed E-state index contributed by atoms with van der Waals surface area (Å²) in [5.41, 5.74) is -0.478. The second-order valence-electron chi connectivity index (χ2n) is 10.8. The maximum atomic E-state index is 14.5. The number of carbonyl (C=O) groups excluding carboxylic acids is 1. The van der Waals surface area contributed by atoms with Gasteiger partial charge in [-0.05, 0) is 83.4 Å². The van der Waals surface area contributed by atoms with Crippen LogP contribution in [-0.4, -0.2) is 74.0 Å². The van der Waals surface area contributed by atoms with Gasteiger partial charge in [0, 0.05) is 32.2 Å². The van der Waals surface area contributed by atoms with E-state index in [1.165, 1.54) is 12.1 Å². The third kappa shape index (κ3) is 6.22. The van der Waals surface area contributed by atoms with Crippen LogP contribution in [0.2, 0.25) is 0 Å². The van der Waals surface area contributed by atoms with Gasteiger partial charge in [-0.1, -0.05) is 0 Å². The number of amides is 1. The SMILES string of the molecule is CC(C)(C)OC(=O)N1CCN([C@H]2CC[C@H](COc3ccc(S(=O)(=O)C4CC4)cc3F)CC2)CC1. The number of ether oxygens (including phenoxy) is 2. The van der Waals surface area contributed by atoms with E-state index in [4.69, 9.17) is 9.47 Å². The molecule has 0 bridgehead atoms. The van der Waals surface area contributed by atoms with Crippen LogP contribution >= 0.6 is 0 Å². The minimum atomic E-state index is -3.40. The minimum absolute atomic E-state index is 0.0483. The molecule has 0 atom stereocenters. The first-order valence-corrected chi connectivity index (χ1v) is 14.0. The first-order valence-electron chi connectivity index (χ1n) is 12.4. The molecule has 34 heavy (non-hydrogen) atoms. The second-order valence-corrected chi connectivity index (χ2v) is 13.1. The Labute approximate surface area is 202 Å². The molecule has 0 N–H and O–H groups in total. The molecule has 3 aliphatic rings. The van der Waals surface area contributed by atoms with Crippen LogP contribution in [0, 0.1) is 11.7 Å². The Kier molecular flexibility index (Phi) is 7.43. The van der Waals surface area contributed by atoms with E-state index in [1.807, 2.05) is 20.8 Å². The Balaban J connectivity index is 1.20. The predicted octanol–water partition coefficient (Wildman–Crippen LogP) is 4.25. The van der Waals surface area contributed by atoms with Crippen molar-refractivity contribution in [2.45, 2.75) is 81.1 Å². The normalized spacial score (nSPS) is 24.6. The third-order valence-corrected chi connectivity index (χ3v) is 9.23. The molecule has 3 fully saturated rings. The zero-order valence-corrected chi connectivity index (χ0v) is 21.3. The van der Waals surface area contributed by atoms with Gasteiger partial charge in [0.05, 0.1) is 16.8 Å². The first kappa shape index (κ1) is 25.2. The van der Waals surface area contributed by atoms with Crippen molar-refractivity contribution in [1.82, 2.24) is 9.80 Å². The van der Waals surface area contributed by atoms with E-state index < -0.39 is 21.3 Å². The maximum Gasteiger partial charge on any atom is 0.410 e. The van der Waals surface area contributed by atoms with E-state index in [2.05, 4.69) is 4.90 Å². The maximum absolute atomic E-state index is 14.5. The molecule has 1 aromatic carbocycles. The molecule has 7 nitrogen and oxygen atoms in total. The summed E-state index contributed by atoms with van der Waals surface area (Å²) in [7, 11) is -3.40. The summed E-state index contributed by atoms with van der Waals surface area (Å²) in [6, 6.07) is 4.50. The molecule has 4 rings (SSSR count). The second kappa shape index (κ2) is 10.0. The largest absolute Gasteiger partial charge is 0.490 e. The van der Waals surface area contributed by atoms with Crippen LogP contribution in [0.25, 0.3) is 0 Å². The standard InChI is InChI=1S/C25H37FN2O5S/c1-25(2,3)33-24(29)28-14-12-27(13-15-28)19-6-4-18(5-7-19)17-32-23-11-10-21(16-22(23)26)34(30,31)20-8-9-20/h10-11,16,18-20H,4-9,12-15,17H2,1-3H3/t18-,19-. The van der Waals surface area contributed by atoms with Gasteiger partial charge in [0.25, 0.3) is 0 Å². The van der Waals surface area contributed by atoms with E-state index in [-0.39, 0.29) is 22.0 Å². The van der Waals surface area contributed by atoms with E-state index in [1.54, 1.807) is 4.90 Å². The number of piperazine rings is 1. The smallest absolute Gasteiger partial charge is 0.410 e. The molecule has 1 saturated heterocycles. The van der Waals surface area contributed by atoms with Gasteiger partial charge in [0.1, 0.15) is 5.60 Å². The average molecular weight is 497 g/mol. The number of sulfone groups is 1. The summed E-state index contributed by atoms with van der Waals surface area (Å²) < 4.78 is 50.3. The van der Waals surface area contributed by atoms with Crippen LogP contribution in [0.15, 0.2) is 23.1 Å². The van der Waals surface area contributed by atoms with E-state index in [0.717, 1.165) is 44.8 Å². The number of hydrogen-bond donors (Lipinski definition) is 0. The van der Waals surface area contributed by atoms with Gasteiger partial charge in [-0.2, -0.15) is 0 Å². The summed E-state index contributed by atoms with van der Waals surface area (Å²) in [4.78, 5) is 16.6. The summed E-state index contributed by atoms with van der Waals surface area (Å²) in [5, 5.41) is -0.353. The van der Waals surface area contributed by atoms with Crippen molar-refractivity contribution >= 4 is 15.9 Å². The van der Waals surface area contributed by atoms with E-state index >= 15 is 0 Å². The van der Waals surface area contributed by atoms with Crippen LogP contribution in [-0.2, 0) is 14.6 Å². The summed E-state index contributed by atoms with van der Waals surface area (Å²) >= 11 is 0. The van der Waals surface area contributed by atoms with Crippen molar-refractivity contribution in [1.29, 1.82) is 0 Å². The highest BCUT2D eigenvalue weighted by molar-refractivity contribution is 7.92. The Morgan fingerprint density at radius 3 is 2.24 bits per heavy atom. The Hall–Kier alpha value is -1.87. The van der Waals surface area contributed by atoms with Crippen LogP contribution in [0.3, 0.4) is 0 Å². The van der Waals surface area contributed by atoms with Crippen LogP contribution in [0.1, 0.15) is 59.3 Å². The van der Waals surface area contributed by atoms with Crippen LogP contribution < -0.4 is 4.74 Å². The number of rotatable bonds is 6. The lowest BCUT2D eigenvalue weighted by Crippen LogP contribution is -2.53. The molecule has 1 amide bonds. The molecule has 9 heteroatoms. The van der Waals surface area contributed by atoms with Gasteiger partial charge in [-0.3, -0.25) is 4.90 Å². The lowest BCUT2D eigenvalue weighted by Gasteiger charge is -2.42. The Morgan fingerprint density at radius 2 is 1.68 bits per heavy atom. The van der Waals surface area contributed by atoms with Crippen molar-refractivity contribution in [3.8, 4) is 5.75 Å². The summed E-state index contributed by atoms with van der Waals surface area (Å²) in [6.45, 7) is 9.15. The fourth-order valence-electron chi connectivity index (χ4n) is 4.83. The Morgan fingerprint density at radius 1 is 1.03 bits per heavy atom. The molecule has 1 aromatic rings. The van der Waals surface area contributed by atoms with Gasteiger partial charge in [-0.25, -0.2) is 17.6 Å². The third-order valence-electron chi connectivity index (χ3n) is 6.97. The van der Waals surface area contributed by atoms with E-state index in [0.29, 0.717) is 44.5 Å². The lowest BCUT2D eigenvalue weighted by molar-refractivity contribution is 0.00652. The van der Waals surface area contributed by atoms with Crippen molar-refractivity contribution in [3.05, 3.63) is 24.0 Å². The lowest BCUT2D eigenvalue weighted by atomic mass is 9.85. The highest BCUT2D eigenvalue weighted by Crippen LogP contribution is 2.35. The fraction of sp³-hybridized carbons (Fsp3) is 0.720. The quantitative estimate of drug-likeness (QED) is 0.586. The van der Waals surface area contributed by atoms with Gasteiger partial charge in [-0.15, -0.1) is 0 Å². The molecular formula is C25H37FN2O5S. The van der Waals surface area contributed by atoms with Gasteiger partial charge in [0.2, 0.25) is 0 Å². The highest BCUT2D eigenvalue weighted by Gasteiger charge is 2.37. The molecule has 0 unspecified atom stereocenters. The highest BCUT2D eigenvalue weighted by atomic mass is 32.2. The number of carbonyl (C=O) groups is 1. The van der Waals surface area contributed by atoms with Gasteiger partial charge >= 0.3 is 6.09 Å². The van der Waals surface area contributed by atoms with Crippen molar-refractivity contribution in [3.63, 3.8) is 0 Å². The zero-order valence-electron chi connectivity index (χ0n) is 20.5. The van der Waals surface area contributed by atoms with Gasteiger partial charge in [0.15, 0.2) is 21.4 Å². The zero-order chi connectivity index (χ0) is 24.5.